The number of nitrogens with one attached hydrogen (secondary N) is 1. The molecule has 0 bridgehead atoms. The summed E-state index contributed by atoms with van der Waals surface area (Å²) in [5.41, 5.74) is 0. The summed E-state index contributed by atoms with van der Waals surface area (Å²) in [6.45, 7) is 3.39. The summed E-state index contributed by atoms with van der Waals surface area (Å²) in [4.78, 5) is 24.2. The summed E-state index contributed by atoms with van der Waals surface area (Å²) in [5, 5.41) is 11.5. The van der Waals surface area contributed by atoms with Gasteiger partial charge in [0.15, 0.2) is 0 Å². The fourth-order valence-corrected chi connectivity index (χ4v) is 2.14. The fraction of sp³-hybridized carbons (Fsp3) is 0.846. The van der Waals surface area contributed by atoms with E-state index in [9.17, 15) is 9.59 Å². The van der Waals surface area contributed by atoms with Crippen molar-refractivity contribution in [3.05, 3.63) is 0 Å². The van der Waals surface area contributed by atoms with Gasteiger partial charge in [0.2, 0.25) is 0 Å². The van der Waals surface area contributed by atoms with Gasteiger partial charge in [0, 0.05) is 20.2 Å². The van der Waals surface area contributed by atoms with Gasteiger partial charge in [0.05, 0.1) is 18.8 Å². The molecule has 1 saturated heterocycles. The molecule has 0 radical (unpaired) electrons. The summed E-state index contributed by atoms with van der Waals surface area (Å²) in [7, 11) is 1.61. The lowest BCUT2D eigenvalue weighted by molar-refractivity contribution is -0.145. The molecule has 1 unspecified atom stereocenters. The quantitative estimate of drug-likeness (QED) is 0.719. The molecule has 0 aromatic heterocycles. The molecule has 20 heavy (non-hydrogen) atoms. The van der Waals surface area contributed by atoms with Crippen molar-refractivity contribution in [1.82, 2.24) is 10.2 Å². The number of hydrogen-bond acceptors (Lipinski definition) is 4. The molecular weight excluding hydrogens is 264 g/mol. The van der Waals surface area contributed by atoms with Crippen LogP contribution in [-0.4, -0.2) is 67.6 Å². The summed E-state index contributed by atoms with van der Waals surface area (Å²) >= 11 is 0. The minimum Gasteiger partial charge on any atom is -0.480 e. The van der Waals surface area contributed by atoms with Crippen molar-refractivity contribution in [2.45, 2.75) is 38.3 Å². The lowest BCUT2D eigenvalue weighted by Crippen LogP contribution is -2.49. The molecular formula is C13H24N2O5. The molecule has 0 aliphatic carbocycles. The normalized spacial score (nSPS) is 17.8. The monoisotopic (exact) mass is 288 g/mol. The standard InChI is InChI=1S/C13H24N2O5/c1-3-10(8-19-2)14-13(18)15-6-4-11(5-7-15)20-9-12(16)17/h10-11H,3-9H2,1-2H3,(H,14,18)(H,16,17). The Balaban J connectivity index is 2.29. The minimum absolute atomic E-state index is 0.0217. The third-order valence-electron chi connectivity index (χ3n) is 3.36. The molecule has 0 saturated carbocycles. The number of carboxylic acids is 1. The van der Waals surface area contributed by atoms with Crippen molar-refractivity contribution in [3.8, 4) is 0 Å². The van der Waals surface area contributed by atoms with Crippen LogP contribution in [0.1, 0.15) is 26.2 Å². The maximum Gasteiger partial charge on any atom is 0.329 e. The Morgan fingerprint density at radius 1 is 1.40 bits per heavy atom. The Morgan fingerprint density at radius 2 is 2.05 bits per heavy atom. The SMILES string of the molecule is CCC(COC)NC(=O)N1CCC(OCC(=O)O)CC1. The number of methoxy groups -OCH3 is 1. The number of nitrogens with zero attached hydrogens (tertiary/aromatic N) is 1. The number of carbonyl (C=O) groups excluding carboxylic acids is 1. The van der Waals surface area contributed by atoms with E-state index in [0.717, 1.165) is 6.42 Å². The van der Waals surface area contributed by atoms with Gasteiger partial charge in [0.25, 0.3) is 0 Å². The van der Waals surface area contributed by atoms with Crippen LogP contribution in [0.4, 0.5) is 4.79 Å². The summed E-state index contributed by atoms with van der Waals surface area (Å²) in [5.74, 6) is -0.962. The van der Waals surface area contributed by atoms with Gasteiger partial charge in [-0.15, -0.1) is 0 Å². The van der Waals surface area contributed by atoms with Crippen molar-refractivity contribution >= 4 is 12.0 Å². The zero-order valence-electron chi connectivity index (χ0n) is 12.1. The number of likely N-dealkylation sites (tertiary alicyclic amines) is 1. The van der Waals surface area contributed by atoms with E-state index < -0.39 is 5.97 Å². The topological polar surface area (TPSA) is 88.1 Å². The molecule has 7 heteroatoms. The summed E-state index contributed by atoms with van der Waals surface area (Å²) in [6, 6.07) is -0.0703. The Hall–Kier alpha value is -1.34. The van der Waals surface area contributed by atoms with Crippen molar-refractivity contribution in [2.24, 2.45) is 0 Å². The van der Waals surface area contributed by atoms with E-state index in [2.05, 4.69) is 5.32 Å². The Kier molecular flexibility index (Phi) is 7.32. The van der Waals surface area contributed by atoms with Gasteiger partial charge in [-0.05, 0) is 19.3 Å². The number of amides is 2. The number of hydrogen-bond donors (Lipinski definition) is 2. The highest BCUT2D eigenvalue weighted by molar-refractivity contribution is 5.74. The zero-order chi connectivity index (χ0) is 15.0. The smallest absolute Gasteiger partial charge is 0.329 e. The van der Waals surface area contributed by atoms with Gasteiger partial charge in [-0.2, -0.15) is 0 Å². The first-order chi connectivity index (χ1) is 9.56. The second-order valence-corrected chi connectivity index (χ2v) is 4.90. The molecule has 1 heterocycles. The molecule has 2 amide bonds. The first kappa shape index (κ1) is 16.7. The van der Waals surface area contributed by atoms with Crippen LogP contribution in [0.2, 0.25) is 0 Å². The number of aliphatic carboxylic acids is 1. The lowest BCUT2D eigenvalue weighted by atomic mass is 10.1. The zero-order valence-corrected chi connectivity index (χ0v) is 12.1. The van der Waals surface area contributed by atoms with E-state index in [1.807, 2.05) is 6.92 Å². The first-order valence-electron chi connectivity index (χ1n) is 6.94. The van der Waals surface area contributed by atoms with Crippen LogP contribution in [0, 0.1) is 0 Å². The van der Waals surface area contributed by atoms with Crippen LogP contribution in [0.15, 0.2) is 0 Å². The average Bonchev–Trinajstić information content (AvgIpc) is 2.45. The maximum absolute atomic E-state index is 12.0. The molecule has 1 aliphatic heterocycles. The van der Waals surface area contributed by atoms with Crippen LogP contribution in [0.5, 0.6) is 0 Å². The third kappa shape index (κ3) is 5.75. The van der Waals surface area contributed by atoms with E-state index in [1.54, 1.807) is 12.0 Å². The van der Waals surface area contributed by atoms with Crippen LogP contribution in [0.25, 0.3) is 0 Å². The highest BCUT2D eigenvalue weighted by atomic mass is 16.5. The number of ether oxygens (including phenoxy) is 2. The van der Waals surface area contributed by atoms with Crippen LogP contribution < -0.4 is 5.32 Å². The molecule has 1 atom stereocenters. The molecule has 116 valence electrons. The van der Waals surface area contributed by atoms with Crippen molar-refractivity contribution < 1.29 is 24.2 Å². The lowest BCUT2D eigenvalue weighted by Gasteiger charge is -2.32. The molecule has 0 aromatic carbocycles. The van der Waals surface area contributed by atoms with Gasteiger partial charge in [-0.25, -0.2) is 9.59 Å². The second-order valence-electron chi connectivity index (χ2n) is 4.90. The predicted octanol–water partition coefficient (Wildman–Crippen LogP) is 0.687. The van der Waals surface area contributed by atoms with E-state index in [4.69, 9.17) is 14.6 Å². The van der Waals surface area contributed by atoms with Gasteiger partial charge >= 0.3 is 12.0 Å². The van der Waals surface area contributed by atoms with E-state index in [0.29, 0.717) is 32.5 Å². The van der Waals surface area contributed by atoms with Gasteiger partial charge < -0.3 is 24.8 Å². The molecule has 1 fully saturated rings. The maximum atomic E-state index is 12.0. The molecule has 0 aromatic rings. The Bertz CT molecular complexity index is 316. The second kappa shape index (κ2) is 8.76. The fourth-order valence-electron chi connectivity index (χ4n) is 2.14. The van der Waals surface area contributed by atoms with Crippen molar-refractivity contribution in [3.63, 3.8) is 0 Å². The van der Waals surface area contributed by atoms with E-state index in [1.165, 1.54) is 0 Å². The number of carboxylic acid groups (broad SMARTS) is 1. The highest BCUT2D eigenvalue weighted by Gasteiger charge is 2.24. The van der Waals surface area contributed by atoms with Gasteiger partial charge in [0.1, 0.15) is 6.61 Å². The number of piperidine rings is 1. The van der Waals surface area contributed by atoms with Gasteiger partial charge in [-0.3, -0.25) is 0 Å². The van der Waals surface area contributed by atoms with Crippen LogP contribution >= 0.6 is 0 Å². The molecule has 0 spiro atoms. The molecule has 1 rings (SSSR count). The molecule has 2 N–H and O–H groups in total. The van der Waals surface area contributed by atoms with Crippen LogP contribution in [0.3, 0.4) is 0 Å². The Morgan fingerprint density at radius 3 is 2.55 bits per heavy atom. The summed E-state index contributed by atoms with van der Waals surface area (Å²) in [6.07, 6.45) is 2.08. The highest BCUT2D eigenvalue weighted by Crippen LogP contribution is 2.14. The Labute approximate surface area is 119 Å². The largest absolute Gasteiger partial charge is 0.480 e. The van der Waals surface area contributed by atoms with Crippen LogP contribution in [-0.2, 0) is 14.3 Å². The average molecular weight is 288 g/mol. The third-order valence-corrected chi connectivity index (χ3v) is 3.36. The first-order valence-corrected chi connectivity index (χ1v) is 6.94. The van der Waals surface area contributed by atoms with E-state index >= 15 is 0 Å². The number of carbonyl (C=O) groups is 2. The summed E-state index contributed by atoms with van der Waals surface area (Å²) < 4.78 is 10.3. The number of rotatable bonds is 7. The van der Waals surface area contributed by atoms with Gasteiger partial charge in [-0.1, -0.05) is 6.92 Å². The minimum atomic E-state index is -0.962. The molecule has 1 aliphatic rings. The van der Waals surface area contributed by atoms with Crippen molar-refractivity contribution in [1.29, 1.82) is 0 Å². The van der Waals surface area contributed by atoms with E-state index in [-0.39, 0.29) is 24.8 Å². The number of urea groups is 1. The molecule has 7 nitrogen and oxygen atoms in total. The predicted molar refractivity (Wildman–Crippen MR) is 72.7 cm³/mol. The van der Waals surface area contributed by atoms with Crippen molar-refractivity contribution in [2.75, 3.05) is 33.4 Å².